The summed E-state index contributed by atoms with van der Waals surface area (Å²) in [5, 5.41) is 13.1. The van der Waals surface area contributed by atoms with Crippen LogP contribution in [0.25, 0.3) is 22.8 Å². The molecule has 0 unspecified atom stereocenters. The molecule has 1 saturated heterocycles. The predicted molar refractivity (Wildman–Crippen MR) is 132 cm³/mol. The molecule has 194 valence electrons. The number of rotatable bonds is 6. The molecule has 11 heteroatoms. The van der Waals surface area contributed by atoms with Crippen molar-refractivity contribution >= 4 is 5.69 Å². The van der Waals surface area contributed by atoms with Gasteiger partial charge >= 0.3 is 6.36 Å². The molecule has 1 aliphatic rings. The highest BCUT2D eigenvalue weighted by atomic mass is 19.4. The van der Waals surface area contributed by atoms with Gasteiger partial charge in [0.15, 0.2) is 0 Å². The molecule has 0 amide bonds. The molecule has 0 atom stereocenters. The standard InChI is InChI=1S/C27H22F3N5O3/c28-27(29,30)37-23-7-4-20(5-8-23)25-32-26(38-33-25)21-6-9-24(36)35(17-21)16-19-2-1-3-22(14-19)34-12-10-18(15-31)11-13-34/h1-9,14,17-18H,10-13,16H2. The number of halogens is 3. The fourth-order valence-electron chi connectivity index (χ4n) is 4.36. The average molecular weight is 521 g/mol. The normalized spacial score (nSPS) is 14.3. The number of piperidine rings is 1. The Kier molecular flexibility index (Phi) is 6.87. The summed E-state index contributed by atoms with van der Waals surface area (Å²) in [6.07, 6.45) is -1.48. The molecule has 2 aromatic heterocycles. The van der Waals surface area contributed by atoms with Gasteiger partial charge < -0.3 is 18.7 Å². The van der Waals surface area contributed by atoms with Crippen LogP contribution in [-0.4, -0.2) is 34.2 Å². The van der Waals surface area contributed by atoms with Gasteiger partial charge in [0.25, 0.3) is 11.4 Å². The van der Waals surface area contributed by atoms with E-state index in [-0.39, 0.29) is 28.9 Å². The second-order valence-electron chi connectivity index (χ2n) is 8.94. The monoisotopic (exact) mass is 521 g/mol. The van der Waals surface area contributed by atoms with Crippen molar-refractivity contribution in [2.24, 2.45) is 5.92 Å². The fourth-order valence-corrected chi connectivity index (χ4v) is 4.36. The highest BCUT2D eigenvalue weighted by molar-refractivity contribution is 5.60. The molecule has 8 nitrogen and oxygen atoms in total. The minimum atomic E-state index is -4.78. The van der Waals surface area contributed by atoms with Crippen LogP contribution < -0.4 is 15.2 Å². The summed E-state index contributed by atoms with van der Waals surface area (Å²) in [7, 11) is 0. The van der Waals surface area contributed by atoms with Crippen molar-refractivity contribution in [2.75, 3.05) is 18.0 Å². The summed E-state index contributed by atoms with van der Waals surface area (Å²) in [6.45, 7) is 1.96. The molecule has 0 saturated carbocycles. The lowest BCUT2D eigenvalue weighted by Gasteiger charge is -2.31. The van der Waals surface area contributed by atoms with E-state index < -0.39 is 6.36 Å². The van der Waals surface area contributed by atoms with Crippen LogP contribution in [0.1, 0.15) is 18.4 Å². The third kappa shape index (κ3) is 5.86. The highest BCUT2D eigenvalue weighted by Crippen LogP contribution is 2.27. The smallest absolute Gasteiger partial charge is 0.406 e. The van der Waals surface area contributed by atoms with Crippen LogP contribution in [0.15, 0.2) is 76.2 Å². The van der Waals surface area contributed by atoms with Gasteiger partial charge in [-0.25, -0.2) is 0 Å². The topological polar surface area (TPSA) is 97.2 Å². The lowest BCUT2D eigenvalue weighted by molar-refractivity contribution is -0.274. The number of hydrogen-bond donors (Lipinski definition) is 0. The number of hydrogen-bond acceptors (Lipinski definition) is 7. The summed E-state index contributed by atoms with van der Waals surface area (Å²) < 4.78 is 47.9. The van der Waals surface area contributed by atoms with Gasteiger partial charge in [-0.1, -0.05) is 17.3 Å². The molecule has 0 radical (unpaired) electrons. The summed E-state index contributed by atoms with van der Waals surface area (Å²) in [6, 6.07) is 18.4. The number of anilines is 1. The van der Waals surface area contributed by atoms with Crippen LogP contribution >= 0.6 is 0 Å². The first-order valence-electron chi connectivity index (χ1n) is 11.9. The third-order valence-corrected chi connectivity index (χ3v) is 6.31. The number of benzene rings is 2. The van der Waals surface area contributed by atoms with Gasteiger partial charge in [-0.05, 0) is 60.9 Å². The fraction of sp³-hybridized carbons (Fsp3) is 0.259. The Morgan fingerprint density at radius 2 is 1.79 bits per heavy atom. The number of ether oxygens (including phenoxy) is 1. The number of aromatic nitrogens is 3. The van der Waals surface area contributed by atoms with Gasteiger partial charge in [-0.15, -0.1) is 13.2 Å². The van der Waals surface area contributed by atoms with Crippen molar-refractivity contribution in [1.29, 1.82) is 5.26 Å². The van der Waals surface area contributed by atoms with E-state index in [0.29, 0.717) is 17.7 Å². The van der Waals surface area contributed by atoms with E-state index in [9.17, 15) is 18.0 Å². The van der Waals surface area contributed by atoms with Gasteiger partial charge in [0.05, 0.1) is 18.2 Å². The molecule has 38 heavy (non-hydrogen) atoms. The van der Waals surface area contributed by atoms with E-state index in [1.807, 2.05) is 24.3 Å². The molecule has 4 aromatic rings. The van der Waals surface area contributed by atoms with Crippen molar-refractivity contribution in [3.8, 4) is 34.7 Å². The van der Waals surface area contributed by atoms with Gasteiger partial charge in [0.2, 0.25) is 5.82 Å². The Hall–Kier alpha value is -4.59. The molecule has 1 fully saturated rings. The largest absolute Gasteiger partial charge is 0.573 e. The molecular weight excluding hydrogens is 499 g/mol. The first-order chi connectivity index (χ1) is 18.3. The minimum Gasteiger partial charge on any atom is -0.406 e. The highest BCUT2D eigenvalue weighted by Gasteiger charge is 2.31. The Labute approximate surface area is 215 Å². The molecule has 0 N–H and O–H groups in total. The molecule has 3 heterocycles. The Bertz CT molecular complexity index is 1510. The van der Waals surface area contributed by atoms with Gasteiger partial charge in [0.1, 0.15) is 5.75 Å². The number of nitrogens with zero attached hydrogens (tertiary/aromatic N) is 5. The van der Waals surface area contributed by atoms with Gasteiger partial charge in [-0.2, -0.15) is 10.2 Å². The van der Waals surface area contributed by atoms with E-state index in [1.165, 1.54) is 30.3 Å². The van der Waals surface area contributed by atoms with Crippen LogP contribution in [0, 0.1) is 17.2 Å². The van der Waals surface area contributed by atoms with Crippen molar-refractivity contribution in [2.45, 2.75) is 25.7 Å². The molecule has 0 bridgehead atoms. The molecule has 0 aliphatic carbocycles. The SMILES string of the molecule is N#CC1CCN(c2cccc(Cn3cc(-c4nc(-c5ccc(OC(F)(F)F)cc5)no4)ccc3=O)c2)CC1. The van der Waals surface area contributed by atoms with E-state index in [4.69, 9.17) is 9.78 Å². The van der Waals surface area contributed by atoms with Crippen LogP contribution in [0.4, 0.5) is 18.9 Å². The molecular formula is C27H22F3N5O3. The predicted octanol–water partition coefficient (Wildman–Crippen LogP) is 5.25. The van der Waals surface area contributed by atoms with Crippen molar-refractivity contribution in [3.05, 3.63) is 82.8 Å². The summed E-state index contributed by atoms with van der Waals surface area (Å²) in [4.78, 5) is 19.2. The van der Waals surface area contributed by atoms with Crippen LogP contribution in [0.2, 0.25) is 0 Å². The van der Waals surface area contributed by atoms with Crippen LogP contribution in [0.3, 0.4) is 0 Å². The van der Waals surface area contributed by atoms with Crippen molar-refractivity contribution in [3.63, 3.8) is 0 Å². The molecule has 1 aliphatic heterocycles. The van der Waals surface area contributed by atoms with E-state index in [2.05, 4.69) is 25.8 Å². The summed E-state index contributed by atoms with van der Waals surface area (Å²) in [5.41, 5.74) is 2.76. The van der Waals surface area contributed by atoms with E-state index in [0.717, 1.165) is 37.2 Å². The zero-order chi connectivity index (χ0) is 26.7. The molecule has 2 aromatic carbocycles. The maximum absolute atomic E-state index is 12.6. The number of alkyl halides is 3. The van der Waals surface area contributed by atoms with Crippen LogP contribution in [0.5, 0.6) is 5.75 Å². The number of pyridine rings is 1. The quantitative estimate of drug-likeness (QED) is 0.342. The zero-order valence-corrected chi connectivity index (χ0v) is 20.1. The first-order valence-corrected chi connectivity index (χ1v) is 11.9. The lowest BCUT2D eigenvalue weighted by Crippen LogP contribution is -2.33. The van der Waals surface area contributed by atoms with Gasteiger partial charge in [0, 0.05) is 42.5 Å². The van der Waals surface area contributed by atoms with E-state index in [1.54, 1.807) is 16.8 Å². The average Bonchev–Trinajstić information content (AvgIpc) is 3.40. The number of nitriles is 1. The van der Waals surface area contributed by atoms with Gasteiger partial charge in [-0.3, -0.25) is 4.79 Å². The maximum Gasteiger partial charge on any atom is 0.573 e. The van der Waals surface area contributed by atoms with Crippen molar-refractivity contribution < 1.29 is 22.4 Å². The Morgan fingerprint density at radius 3 is 2.50 bits per heavy atom. The lowest BCUT2D eigenvalue weighted by atomic mass is 9.98. The zero-order valence-electron chi connectivity index (χ0n) is 20.1. The van der Waals surface area contributed by atoms with Crippen molar-refractivity contribution in [1.82, 2.24) is 14.7 Å². The van der Waals surface area contributed by atoms with E-state index >= 15 is 0 Å². The van der Waals surface area contributed by atoms with Crippen LogP contribution in [-0.2, 0) is 6.54 Å². The maximum atomic E-state index is 12.6. The molecule has 0 spiro atoms. The third-order valence-electron chi connectivity index (χ3n) is 6.31. The summed E-state index contributed by atoms with van der Waals surface area (Å²) in [5.74, 6) is 0.0964. The second-order valence-corrected chi connectivity index (χ2v) is 8.94. The molecule has 5 rings (SSSR count). The first kappa shape index (κ1) is 25.1. The second kappa shape index (κ2) is 10.4. The minimum absolute atomic E-state index is 0.101. The summed E-state index contributed by atoms with van der Waals surface area (Å²) >= 11 is 0. The Balaban J connectivity index is 1.32. The Morgan fingerprint density at radius 1 is 1.05 bits per heavy atom.